The summed E-state index contributed by atoms with van der Waals surface area (Å²) in [6, 6.07) is 27.0. The topological polar surface area (TPSA) is 128 Å². The number of halogens is 1. The van der Waals surface area contributed by atoms with Gasteiger partial charge >= 0.3 is 0 Å². The Morgan fingerprint density at radius 2 is 1.10 bits per heavy atom. The zero-order valence-corrected chi connectivity index (χ0v) is 30.3. The van der Waals surface area contributed by atoms with E-state index in [4.69, 9.17) is 24.4 Å². The van der Waals surface area contributed by atoms with Gasteiger partial charge in [0.25, 0.3) is 0 Å². The van der Waals surface area contributed by atoms with Crippen LogP contribution in [0.25, 0.3) is 11.1 Å². The standard InChI is InChI=1S/C37H44N3.C2H7N.ClHO4/c1-8-28-11-13-29(14-12-28)36(32-19-25-35(26-20-32)40(9-2)10-3)27-37(30-15-21-33(22-16-30)38(4)5)31-17-23-34(24-18-31)39(6)7;1-2-3;2-1(3,4)5/h11-27H,8-10H2,1-7H3;2-3H2,1H3;(H,2,3,4,5)/q+1;;/p-1. The number of hydrogen-bond donors (Lipinski definition) is 1. The fourth-order valence-corrected chi connectivity index (χ4v) is 5.05. The van der Waals surface area contributed by atoms with Gasteiger partial charge in [-0.2, -0.15) is 0 Å². The summed E-state index contributed by atoms with van der Waals surface area (Å²) in [6.45, 7) is 11.3. The molecule has 0 aliphatic heterocycles. The highest BCUT2D eigenvalue weighted by molar-refractivity contribution is 6.04. The maximum absolute atomic E-state index is 8.49. The van der Waals surface area contributed by atoms with Crippen molar-refractivity contribution >= 4 is 28.2 Å². The Morgan fingerprint density at radius 1 is 0.688 bits per heavy atom. The third kappa shape index (κ3) is 12.9. The number of rotatable bonds is 9. The molecule has 0 radical (unpaired) electrons. The summed E-state index contributed by atoms with van der Waals surface area (Å²) in [5, 5.41) is 0. The Balaban J connectivity index is 0.000000900. The second-order valence-corrected chi connectivity index (χ2v) is 12.2. The summed E-state index contributed by atoms with van der Waals surface area (Å²) in [5.41, 5.74) is 17.1. The lowest BCUT2D eigenvalue weighted by Crippen LogP contribution is -2.68. The van der Waals surface area contributed by atoms with E-state index in [1.807, 2.05) is 6.92 Å². The lowest BCUT2D eigenvalue weighted by atomic mass is 9.89. The van der Waals surface area contributed by atoms with Crippen LogP contribution in [-0.2, 0) is 6.42 Å². The van der Waals surface area contributed by atoms with Gasteiger partial charge in [-0.25, -0.2) is 23.2 Å². The highest BCUT2D eigenvalue weighted by atomic mass is 35.7. The number of nitrogens with two attached hydrogens (primary N) is 1. The van der Waals surface area contributed by atoms with Gasteiger partial charge in [0.2, 0.25) is 0 Å². The molecule has 48 heavy (non-hydrogen) atoms. The van der Waals surface area contributed by atoms with Gasteiger partial charge in [-0.15, -0.1) is 10.2 Å². The van der Waals surface area contributed by atoms with Crippen LogP contribution >= 0.6 is 0 Å². The second-order valence-electron chi connectivity index (χ2n) is 11.4. The van der Waals surface area contributed by atoms with Crippen LogP contribution in [0, 0.1) is 10.2 Å². The van der Waals surface area contributed by atoms with E-state index in [-0.39, 0.29) is 0 Å². The highest BCUT2D eigenvalue weighted by Crippen LogP contribution is 2.33. The first kappa shape index (κ1) is 40.2. The molecule has 4 rings (SSSR count). The molecule has 0 bridgehead atoms. The zero-order valence-electron chi connectivity index (χ0n) is 29.6. The first-order valence-electron chi connectivity index (χ1n) is 16.2. The average Bonchev–Trinajstić information content (AvgIpc) is 3.06. The molecule has 0 saturated heterocycles. The van der Waals surface area contributed by atoms with Crippen molar-refractivity contribution in [3.05, 3.63) is 131 Å². The van der Waals surface area contributed by atoms with E-state index in [2.05, 4.69) is 167 Å². The van der Waals surface area contributed by atoms with E-state index >= 15 is 0 Å². The summed E-state index contributed by atoms with van der Waals surface area (Å²) in [5.74, 6) is 0. The fraction of sp³-hybridized carbons (Fsp3) is 0.308. The molecule has 0 aromatic heterocycles. The molecule has 3 aromatic rings. The van der Waals surface area contributed by atoms with Crippen LogP contribution in [0.4, 0.5) is 11.4 Å². The summed E-state index contributed by atoms with van der Waals surface area (Å²) in [4.78, 5) is 4.53. The van der Waals surface area contributed by atoms with E-state index in [0.29, 0.717) is 0 Å². The van der Waals surface area contributed by atoms with Crippen LogP contribution in [0.2, 0.25) is 0 Å². The van der Waals surface area contributed by atoms with Crippen molar-refractivity contribution in [3.63, 3.8) is 0 Å². The molecule has 1 aliphatic rings. The SMILES string of the molecule is CCN.CCc1ccc(C(=CC(=C2C=CC(=[N+](C)C)C=C2)c2ccc(N(C)C)cc2)c2ccc(N(CC)CC)cc2)cc1.[O-][Cl+3]([O-])([O-])[O-]. The van der Waals surface area contributed by atoms with Gasteiger partial charge in [-0.1, -0.05) is 62.4 Å². The van der Waals surface area contributed by atoms with Crippen LogP contribution in [0.3, 0.4) is 0 Å². The molecular formula is C39H51ClN4O4. The van der Waals surface area contributed by atoms with Gasteiger partial charge in [0.1, 0.15) is 14.1 Å². The lowest BCUT2D eigenvalue weighted by Gasteiger charge is -2.21. The van der Waals surface area contributed by atoms with Crippen LogP contribution in [0.15, 0.2) is 109 Å². The molecule has 0 amide bonds. The van der Waals surface area contributed by atoms with Crippen LogP contribution < -0.4 is 34.2 Å². The molecule has 0 spiro atoms. The summed E-state index contributed by atoms with van der Waals surface area (Å²) in [6.07, 6.45) is 12.3. The number of allylic oxidation sites excluding steroid dienone is 7. The number of aryl methyl sites for hydroxylation is 1. The van der Waals surface area contributed by atoms with E-state index in [1.165, 1.54) is 56.1 Å². The van der Waals surface area contributed by atoms with Crippen molar-refractivity contribution in [1.82, 2.24) is 0 Å². The Bertz CT molecular complexity index is 1550. The third-order valence-electron chi connectivity index (χ3n) is 7.66. The Labute approximate surface area is 289 Å². The van der Waals surface area contributed by atoms with Gasteiger partial charge in [-0.05, 0) is 108 Å². The summed E-state index contributed by atoms with van der Waals surface area (Å²) >= 11 is 0. The predicted octanol–water partition coefficient (Wildman–Crippen LogP) is 3.09. The first-order chi connectivity index (χ1) is 22.8. The van der Waals surface area contributed by atoms with Gasteiger partial charge in [0, 0.05) is 50.7 Å². The van der Waals surface area contributed by atoms with Crippen LogP contribution in [0.5, 0.6) is 0 Å². The van der Waals surface area contributed by atoms with Gasteiger partial charge in [0.05, 0.1) is 0 Å². The first-order valence-corrected chi connectivity index (χ1v) is 17.4. The van der Waals surface area contributed by atoms with Crippen molar-refractivity contribution in [2.75, 3.05) is 57.6 Å². The maximum Gasteiger partial charge on any atom is 0.199 e. The van der Waals surface area contributed by atoms with Crippen molar-refractivity contribution in [3.8, 4) is 0 Å². The number of benzene rings is 3. The lowest BCUT2D eigenvalue weighted by molar-refractivity contribution is -2.00. The molecule has 0 heterocycles. The largest absolute Gasteiger partial charge is 0.378 e. The predicted molar refractivity (Wildman–Crippen MR) is 191 cm³/mol. The normalized spacial score (nSPS) is 12.5. The smallest absolute Gasteiger partial charge is 0.199 e. The number of nitrogens with zero attached hydrogens (tertiary/aromatic N) is 3. The molecular weight excluding hydrogens is 624 g/mol. The summed E-state index contributed by atoms with van der Waals surface area (Å²) < 4.78 is 36.1. The molecule has 8 nitrogen and oxygen atoms in total. The van der Waals surface area contributed by atoms with Crippen molar-refractivity contribution in [1.29, 1.82) is 0 Å². The van der Waals surface area contributed by atoms with Crippen molar-refractivity contribution in [2.45, 2.75) is 34.1 Å². The van der Waals surface area contributed by atoms with Gasteiger partial charge in [0.15, 0.2) is 5.71 Å². The number of hydrogen-bond acceptors (Lipinski definition) is 7. The molecule has 0 saturated carbocycles. The monoisotopic (exact) mass is 674 g/mol. The van der Waals surface area contributed by atoms with E-state index < -0.39 is 10.2 Å². The quantitative estimate of drug-likeness (QED) is 0.346. The Kier molecular flexibility index (Phi) is 16.5. The summed E-state index contributed by atoms with van der Waals surface area (Å²) in [7, 11) is 3.39. The maximum atomic E-state index is 8.49. The van der Waals surface area contributed by atoms with Crippen LogP contribution in [0.1, 0.15) is 49.9 Å². The molecule has 1 aliphatic carbocycles. The molecule has 3 aromatic carbocycles. The van der Waals surface area contributed by atoms with Gasteiger partial charge in [-0.3, -0.25) is 0 Å². The van der Waals surface area contributed by atoms with E-state index in [0.717, 1.165) is 26.1 Å². The van der Waals surface area contributed by atoms with E-state index in [1.54, 1.807) is 0 Å². The van der Waals surface area contributed by atoms with Gasteiger partial charge < -0.3 is 15.5 Å². The molecule has 258 valence electrons. The van der Waals surface area contributed by atoms with Crippen molar-refractivity contribution in [2.24, 2.45) is 5.73 Å². The molecule has 0 unspecified atom stereocenters. The third-order valence-corrected chi connectivity index (χ3v) is 7.66. The van der Waals surface area contributed by atoms with Crippen LogP contribution in [-0.4, -0.2) is 58.1 Å². The van der Waals surface area contributed by atoms with E-state index in [9.17, 15) is 0 Å². The molecule has 0 atom stereocenters. The highest BCUT2D eigenvalue weighted by Gasteiger charge is 2.14. The minimum Gasteiger partial charge on any atom is -0.378 e. The Morgan fingerprint density at radius 3 is 1.50 bits per heavy atom. The minimum atomic E-state index is -4.94. The average molecular weight is 675 g/mol. The molecule has 0 fully saturated rings. The fourth-order valence-electron chi connectivity index (χ4n) is 5.05. The second kappa shape index (κ2) is 19.7. The Hall–Kier alpha value is -4.02. The minimum absolute atomic E-state index is 0.750. The molecule has 2 N–H and O–H groups in total. The zero-order chi connectivity index (χ0) is 35.9. The number of anilines is 2. The van der Waals surface area contributed by atoms with Crippen molar-refractivity contribution < 1.29 is 33.5 Å². The molecule has 9 heteroatoms.